The van der Waals surface area contributed by atoms with Gasteiger partial charge in [0.2, 0.25) is 18.6 Å². The monoisotopic (exact) mass is 594 g/mol. The number of anilines is 2. The van der Waals surface area contributed by atoms with Gasteiger partial charge in [0.1, 0.15) is 24.7 Å². The first kappa shape index (κ1) is 29.6. The van der Waals surface area contributed by atoms with Crippen LogP contribution in [0.5, 0.6) is 17.2 Å². The average molecular weight is 595 g/mol. The number of carbonyl (C=O) groups is 3. The minimum Gasteiger partial charge on any atom is -0.488 e. The third kappa shape index (κ3) is 7.12. The molecule has 3 heterocycles. The van der Waals surface area contributed by atoms with E-state index in [9.17, 15) is 19.5 Å². The molecule has 0 aliphatic carbocycles. The summed E-state index contributed by atoms with van der Waals surface area (Å²) < 4.78 is 18.5. The maximum Gasteiger partial charge on any atom is 0.321 e. The van der Waals surface area contributed by atoms with Crippen molar-refractivity contribution in [2.75, 3.05) is 44.2 Å². The lowest BCUT2D eigenvalue weighted by molar-refractivity contribution is -0.134. The maximum absolute atomic E-state index is 13.4. The molecule has 0 fully saturated rings. The van der Waals surface area contributed by atoms with Crippen LogP contribution >= 0.6 is 0 Å². The van der Waals surface area contributed by atoms with Crippen LogP contribution in [0, 0.1) is 5.92 Å². The van der Waals surface area contributed by atoms with Crippen LogP contribution in [0.25, 0.3) is 0 Å². The van der Waals surface area contributed by atoms with E-state index in [1.165, 1.54) is 15.9 Å². The Labute approximate surface area is 247 Å². The molecule has 0 spiro atoms. The number of aliphatic hydroxyl groups excluding tert-OH is 1. The highest BCUT2D eigenvalue weighted by Crippen LogP contribution is 2.34. The summed E-state index contributed by atoms with van der Waals surface area (Å²) in [5, 5.41) is 26.3. The summed E-state index contributed by atoms with van der Waals surface area (Å²) in [5.74, 6) is 0.889. The van der Waals surface area contributed by atoms with E-state index in [4.69, 9.17) is 14.2 Å². The fourth-order valence-corrected chi connectivity index (χ4v) is 4.87. The number of likely N-dealkylation sites (N-methyl/N-ethyl adjacent to an activating group) is 1. The van der Waals surface area contributed by atoms with Gasteiger partial charge in [-0.05, 0) is 47.7 Å². The summed E-state index contributed by atoms with van der Waals surface area (Å²) >= 11 is 0. The fraction of sp³-hybridized carbons (Fsp3) is 0.429. The van der Waals surface area contributed by atoms with Gasteiger partial charge in [0.05, 0.1) is 25.6 Å². The average Bonchev–Trinajstić information content (AvgIpc) is 3.68. The van der Waals surface area contributed by atoms with Crippen molar-refractivity contribution in [1.82, 2.24) is 30.0 Å². The van der Waals surface area contributed by atoms with E-state index in [0.717, 1.165) is 0 Å². The maximum atomic E-state index is 13.4. The number of nitrogens with zero attached hydrogens (tertiary/aromatic N) is 6. The number of hydrogen-bond acceptors (Lipinski definition) is 10. The van der Waals surface area contributed by atoms with Crippen molar-refractivity contribution in [1.29, 1.82) is 0 Å². The molecule has 0 unspecified atom stereocenters. The lowest BCUT2D eigenvalue weighted by Gasteiger charge is -2.34. The number of benzene rings is 2. The molecular weight excluding hydrogens is 560 g/mol. The predicted molar refractivity (Wildman–Crippen MR) is 153 cm³/mol. The number of rotatable bonds is 8. The summed E-state index contributed by atoms with van der Waals surface area (Å²) in [6.45, 7) is 4.08. The number of ether oxygens (including phenoxy) is 3. The van der Waals surface area contributed by atoms with Crippen LogP contribution in [0.3, 0.4) is 0 Å². The standard InChI is InChI=1S/C28H34N8O7/c1-17-11-36(18(2)14-37)27(39)9-19-8-20(30-26(38)13-35-15-29-32-33-35)4-6-22(19)43-25(17)12-34(3)28(40)31-21-5-7-23-24(10-21)42-16-41-23/h4-8,10,15,17-18,25,37H,9,11-14,16H2,1-3H3,(H,30,38)(H,31,40)/t17-,18+,25+/m0/s1. The van der Waals surface area contributed by atoms with E-state index in [1.807, 2.05) is 6.92 Å². The molecule has 15 nitrogen and oxygen atoms in total. The van der Waals surface area contributed by atoms with Gasteiger partial charge in [0.15, 0.2) is 11.5 Å². The van der Waals surface area contributed by atoms with E-state index in [2.05, 4.69) is 26.2 Å². The fourth-order valence-electron chi connectivity index (χ4n) is 4.87. The smallest absolute Gasteiger partial charge is 0.321 e. The molecule has 5 rings (SSSR count). The Morgan fingerprint density at radius 1 is 1.12 bits per heavy atom. The number of tetrazole rings is 1. The Kier molecular flexibility index (Phi) is 8.90. The van der Waals surface area contributed by atoms with Crippen molar-refractivity contribution in [2.24, 2.45) is 5.92 Å². The number of aliphatic hydroxyl groups is 1. The molecule has 3 N–H and O–H groups in total. The number of hydrogen-bond donors (Lipinski definition) is 3. The van der Waals surface area contributed by atoms with E-state index < -0.39 is 12.1 Å². The zero-order valence-electron chi connectivity index (χ0n) is 24.1. The molecular formula is C28H34N8O7. The van der Waals surface area contributed by atoms with Crippen molar-refractivity contribution >= 4 is 29.2 Å². The number of amides is 4. The lowest BCUT2D eigenvalue weighted by Crippen LogP contribution is -2.48. The van der Waals surface area contributed by atoms with Crippen molar-refractivity contribution in [3.8, 4) is 17.2 Å². The molecule has 43 heavy (non-hydrogen) atoms. The zero-order valence-corrected chi connectivity index (χ0v) is 24.1. The Balaban J connectivity index is 1.34. The third-order valence-electron chi connectivity index (χ3n) is 7.32. The quantitative estimate of drug-likeness (QED) is 0.346. The summed E-state index contributed by atoms with van der Waals surface area (Å²) in [6.07, 6.45) is 0.822. The first-order valence-corrected chi connectivity index (χ1v) is 13.8. The molecule has 0 saturated heterocycles. The molecule has 2 aliphatic rings. The van der Waals surface area contributed by atoms with Gasteiger partial charge >= 0.3 is 6.03 Å². The second-order valence-electron chi connectivity index (χ2n) is 10.6. The third-order valence-corrected chi connectivity index (χ3v) is 7.32. The van der Waals surface area contributed by atoms with Crippen molar-refractivity contribution in [3.05, 3.63) is 48.3 Å². The number of fused-ring (bicyclic) bond motifs is 2. The molecule has 2 aliphatic heterocycles. The summed E-state index contributed by atoms with van der Waals surface area (Å²) in [5.41, 5.74) is 1.59. The minimum absolute atomic E-state index is 0.00371. The zero-order chi connectivity index (χ0) is 30.5. The molecule has 0 radical (unpaired) electrons. The van der Waals surface area contributed by atoms with Gasteiger partial charge in [-0.25, -0.2) is 9.48 Å². The highest BCUT2D eigenvalue weighted by atomic mass is 16.7. The van der Waals surface area contributed by atoms with E-state index in [-0.39, 0.29) is 56.7 Å². The SMILES string of the molecule is C[C@H](CO)N1C[C@H](C)[C@@H](CN(C)C(=O)Nc2ccc3c(c2)OCO3)Oc2ccc(NC(=O)Cn3cnnn3)cc2CC1=O. The molecule has 1 aromatic heterocycles. The molecule has 3 atom stereocenters. The molecule has 2 aromatic carbocycles. The van der Waals surface area contributed by atoms with Gasteiger partial charge in [-0.2, -0.15) is 0 Å². The van der Waals surface area contributed by atoms with Crippen LogP contribution in [0.2, 0.25) is 0 Å². The minimum atomic E-state index is -0.509. The van der Waals surface area contributed by atoms with Gasteiger partial charge in [0, 0.05) is 42.5 Å². The topological polar surface area (TPSA) is 173 Å². The van der Waals surface area contributed by atoms with Crippen molar-refractivity contribution in [2.45, 2.75) is 39.0 Å². The second kappa shape index (κ2) is 12.9. The van der Waals surface area contributed by atoms with Crippen LogP contribution in [0.4, 0.5) is 16.2 Å². The molecule has 0 saturated carbocycles. The highest BCUT2D eigenvalue weighted by molar-refractivity contribution is 5.91. The number of aromatic nitrogens is 4. The van der Waals surface area contributed by atoms with E-state index in [0.29, 0.717) is 40.7 Å². The Hall–Kier alpha value is -4.92. The van der Waals surface area contributed by atoms with Gasteiger partial charge in [-0.15, -0.1) is 5.10 Å². The van der Waals surface area contributed by atoms with Crippen LogP contribution in [-0.4, -0.2) is 98.6 Å². The Bertz CT molecular complexity index is 1470. The molecule has 0 bridgehead atoms. The largest absolute Gasteiger partial charge is 0.488 e. The van der Waals surface area contributed by atoms with Gasteiger partial charge in [-0.1, -0.05) is 6.92 Å². The van der Waals surface area contributed by atoms with E-state index in [1.54, 1.807) is 55.3 Å². The van der Waals surface area contributed by atoms with Crippen LogP contribution < -0.4 is 24.8 Å². The number of nitrogens with one attached hydrogen (secondary N) is 2. The van der Waals surface area contributed by atoms with E-state index >= 15 is 0 Å². The van der Waals surface area contributed by atoms with Crippen LogP contribution in [0.15, 0.2) is 42.7 Å². The van der Waals surface area contributed by atoms with Crippen LogP contribution in [-0.2, 0) is 22.6 Å². The molecule has 228 valence electrons. The van der Waals surface area contributed by atoms with Crippen molar-refractivity contribution < 1.29 is 33.7 Å². The molecule has 15 heteroatoms. The van der Waals surface area contributed by atoms with Crippen molar-refractivity contribution in [3.63, 3.8) is 0 Å². The lowest BCUT2D eigenvalue weighted by atomic mass is 10.0. The van der Waals surface area contributed by atoms with Gasteiger partial charge < -0.3 is 39.8 Å². The Morgan fingerprint density at radius 3 is 2.60 bits per heavy atom. The summed E-state index contributed by atoms with van der Waals surface area (Å²) in [6, 6.07) is 9.45. The first-order chi connectivity index (χ1) is 20.7. The van der Waals surface area contributed by atoms with Crippen LogP contribution in [0.1, 0.15) is 19.4 Å². The second-order valence-corrected chi connectivity index (χ2v) is 10.6. The normalized spacial score (nSPS) is 18.4. The molecule has 4 amide bonds. The molecule has 3 aromatic rings. The number of carbonyl (C=O) groups excluding carboxylic acids is 3. The summed E-state index contributed by atoms with van der Waals surface area (Å²) in [7, 11) is 1.66. The Morgan fingerprint density at radius 2 is 1.86 bits per heavy atom. The van der Waals surface area contributed by atoms with Gasteiger partial charge in [0.25, 0.3) is 0 Å². The van der Waals surface area contributed by atoms with Gasteiger partial charge in [-0.3, -0.25) is 9.59 Å². The summed E-state index contributed by atoms with van der Waals surface area (Å²) in [4.78, 5) is 42.2. The number of urea groups is 1. The first-order valence-electron chi connectivity index (χ1n) is 13.8. The predicted octanol–water partition coefficient (Wildman–Crippen LogP) is 1.35. The highest BCUT2D eigenvalue weighted by Gasteiger charge is 2.32.